The quantitative estimate of drug-likeness (QED) is 0.925. The third-order valence-corrected chi connectivity index (χ3v) is 5.75. The minimum absolute atomic E-state index is 0.276. The Kier molecular flexibility index (Phi) is 4.78. The van der Waals surface area contributed by atoms with Crippen LogP contribution in [0.1, 0.15) is 5.56 Å². The van der Waals surface area contributed by atoms with Crippen molar-refractivity contribution in [2.45, 2.75) is 11.8 Å². The van der Waals surface area contributed by atoms with Crippen molar-refractivity contribution in [3.63, 3.8) is 0 Å². The summed E-state index contributed by atoms with van der Waals surface area (Å²) in [5.74, 6) is 0. The average molecular weight is 345 g/mol. The maximum Gasteiger partial charge on any atom is 0.261 e. The summed E-state index contributed by atoms with van der Waals surface area (Å²) < 4.78 is 28.2. The van der Waals surface area contributed by atoms with E-state index >= 15 is 0 Å². The number of para-hydroxylation sites is 1. The van der Waals surface area contributed by atoms with E-state index in [0.717, 1.165) is 37.4 Å². The molecule has 0 aliphatic carbocycles. The molecule has 0 spiro atoms. The number of benzene rings is 2. The van der Waals surface area contributed by atoms with Crippen LogP contribution in [-0.4, -0.2) is 46.5 Å². The fourth-order valence-electron chi connectivity index (χ4n) is 2.89. The fourth-order valence-corrected chi connectivity index (χ4v) is 4.06. The van der Waals surface area contributed by atoms with E-state index in [2.05, 4.69) is 21.6 Å². The lowest BCUT2D eigenvalue weighted by Gasteiger charge is -2.35. The highest BCUT2D eigenvalue weighted by Gasteiger charge is 2.21. The molecule has 128 valence electrons. The third kappa shape index (κ3) is 3.55. The van der Waals surface area contributed by atoms with Gasteiger partial charge in [-0.2, -0.15) is 0 Å². The highest BCUT2D eigenvalue weighted by Crippen LogP contribution is 2.32. The molecule has 3 rings (SSSR count). The summed E-state index contributed by atoms with van der Waals surface area (Å²) in [4.78, 5) is 4.80. The van der Waals surface area contributed by atoms with Gasteiger partial charge in [-0.3, -0.25) is 4.72 Å². The standard InChI is InChI=1S/C18H23N3O2S/c1-15-7-6-10-17(21-13-11-20(2)12-14-21)18(15)19-24(22,23)16-8-4-3-5-9-16/h3-10,19H,11-14H2,1-2H3. The van der Waals surface area contributed by atoms with E-state index in [1.165, 1.54) is 0 Å². The number of nitrogens with one attached hydrogen (secondary N) is 1. The summed E-state index contributed by atoms with van der Waals surface area (Å²) in [7, 11) is -1.49. The fraction of sp³-hybridized carbons (Fsp3) is 0.333. The van der Waals surface area contributed by atoms with Crippen LogP contribution in [0.3, 0.4) is 0 Å². The number of rotatable bonds is 4. The van der Waals surface area contributed by atoms with E-state index in [4.69, 9.17) is 0 Å². The number of sulfonamides is 1. The monoisotopic (exact) mass is 345 g/mol. The lowest BCUT2D eigenvalue weighted by atomic mass is 10.1. The first-order chi connectivity index (χ1) is 11.5. The Morgan fingerprint density at radius 3 is 2.25 bits per heavy atom. The Balaban J connectivity index is 1.93. The number of aryl methyl sites for hydroxylation is 1. The molecule has 5 nitrogen and oxygen atoms in total. The van der Waals surface area contributed by atoms with Gasteiger partial charge >= 0.3 is 0 Å². The van der Waals surface area contributed by atoms with Gasteiger partial charge in [0.25, 0.3) is 10.0 Å². The molecule has 2 aromatic rings. The van der Waals surface area contributed by atoms with E-state index < -0.39 is 10.0 Å². The largest absolute Gasteiger partial charge is 0.367 e. The zero-order valence-electron chi connectivity index (χ0n) is 14.1. The summed E-state index contributed by atoms with van der Waals surface area (Å²) in [6.45, 7) is 5.65. The highest BCUT2D eigenvalue weighted by atomic mass is 32.2. The molecule has 1 fully saturated rings. The molecule has 1 heterocycles. The minimum atomic E-state index is -3.59. The van der Waals surface area contributed by atoms with Crippen LogP contribution in [0, 0.1) is 6.92 Å². The summed E-state index contributed by atoms with van der Waals surface area (Å²) >= 11 is 0. The number of anilines is 2. The second kappa shape index (κ2) is 6.83. The number of nitrogens with zero attached hydrogens (tertiary/aromatic N) is 2. The molecule has 0 saturated carbocycles. The van der Waals surface area contributed by atoms with E-state index in [1.807, 2.05) is 31.2 Å². The molecule has 0 amide bonds. The number of piperazine rings is 1. The maximum absolute atomic E-state index is 12.7. The van der Waals surface area contributed by atoms with Crippen molar-refractivity contribution < 1.29 is 8.42 Å². The van der Waals surface area contributed by atoms with E-state index in [0.29, 0.717) is 5.69 Å². The van der Waals surface area contributed by atoms with Crippen molar-refractivity contribution in [3.8, 4) is 0 Å². The Labute approximate surface area is 144 Å². The van der Waals surface area contributed by atoms with Crippen molar-refractivity contribution in [3.05, 3.63) is 54.1 Å². The first kappa shape index (κ1) is 16.8. The third-order valence-electron chi connectivity index (χ3n) is 4.38. The highest BCUT2D eigenvalue weighted by molar-refractivity contribution is 7.92. The normalized spacial score (nSPS) is 16.2. The van der Waals surface area contributed by atoms with Crippen LogP contribution in [0.25, 0.3) is 0 Å². The van der Waals surface area contributed by atoms with Gasteiger partial charge in [-0.1, -0.05) is 30.3 Å². The van der Waals surface area contributed by atoms with Crippen molar-refractivity contribution in [2.24, 2.45) is 0 Å². The van der Waals surface area contributed by atoms with Crippen molar-refractivity contribution in [1.29, 1.82) is 0 Å². The lowest BCUT2D eigenvalue weighted by Crippen LogP contribution is -2.44. The first-order valence-electron chi connectivity index (χ1n) is 8.08. The molecule has 1 aliphatic rings. The van der Waals surface area contributed by atoms with Crippen LogP contribution in [-0.2, 0) is 10.0 Å². The summed E-state index contributed by atoms with van der Waals surface area (Å²) in [6.07, 6.45) is 0. The Morgan fingerprint density at radius 1 is 0.917 bits per heavy atom. The lowest BCUT2D eigenvalue weighted by molar-refractivity contribution is 0.313. The van der Waals surface area contributed by atoms with Gasteiger partial charge in [-0.15, -0.1) is 0 Å². The summed E-state index contributed by atoms with van der Waals surface area (Å²) in [6, 6.07) is 14.4. The average Bonchev–Trinajstić information content (AvgIpc) is 2.58. The van der Waals surface area contributed by atoms with Crippen molar-refractivity contribution in [2.75, 3.05) is 42.8 Å². The Bertz CT molecular complexity index is 798. The molecule has 0 bridgehead atoms. The molecule has 1 aliphatic heterocycles. The summed E-state index contributed by atoms with van der Waals surface area (Å²) in [5, 5.41) is 0. The maximum atomic E-state index is 12.7. The number of hydrogen-bond acceptors (Lipinski definition) is 4. The predicted octanol–water partition coefficient (Wildman–Crippen LogP) is 2.55. The van der Waals surface area contributed by atoms with Crippen molar-refractivity contribution >= 4 is 21.4 Å². The second-order valence-electron chi connectivity index (χ2n) is 6.18. The van der Waals surface area contributed by atoms with Gasteiger partial charge < -0.3 is 9.80 Å². The molecule has 0 unspecified atom stereocenters. The van der Waals surface area contributed by atoms with Gasteiger partial charge in [-0.05, 0) is 37.7 Å². The van der Waals surface area contributed by atoms with Gasteiger partial charge in [0.2, 0.25) is 0 Å². The zero-order chi connectivity index (χ0) is 17.2. The van der Waals surface area contributed by atoms with Gasteiger partial charge in [0.1, 0.15) is 0 Å². The van der Waals surface area contributed by atoms with Crippen LogP contribution < -0.4 is 9.62 Å². The molecule has 1 saturated heterocycles. The smallest absolute Gasteiger partial charge is 0.261 e. The van der Waals surface area contributed by atoms with Gasteiger partial charge in [0.15, 0.2) is 0 Å². The van der Waals surface area contributed by atoms with E-state index in [9.17, 15) is 8.42 Å². The predicted molar refractivity (Wildman–Crippen MR) is 98.1 cm³/mol. The second-order valence-corrected chi connectivity index (χ2v) is 7.86. The molecule has 0 radical (unpaired) electrons. The molecular formula is C18H23N3O2S. The van der Waals surface area contributed by atoms with Crippen LogP contribution in [0.4, 0.5) is 11.4 Å². The number of likely N-dealkylation sites (N-methyl/N-ethyl adjacent to an activating group) is 1. The Hall–Kier alpha value is -2.05. The van der Waals surface area contributed by atoms with Crippen LogP contribution >= 0.6 is 0 Å². The molecule has 1 N–H and O–H groups in total. The van der Waals surface area contributed by atoms with Gasteiger partial charge in [0, 0.05) is 26.2 Å². The molecular weight excluding hydrogens is 322 g/mol. The van der Waals surface area contributed by atoms with E-state index in [-0.39, 0.29) is 4.90 Å². The number of hydrogen-bond donors (Lipinski definition) is 1. The van der Waals surface area contributed by atoms with Crippen LogP contribution in [0.2, 0.25) is 0 Å². The molecule has 24 heavy (non-hydrogen) atoms. The zero-order valence-corrected chi connectivity index (χ0v) is 14.9. The molecule has 6 heteroatoms. The van der Waals surface area contributed by atoms with Gasteiger partial charge in [-0.25, -0.2) is 8.42 Å². The topological polar surface area (TPSA) is 52.6 Å². The van der Waals surface area contributed by atoms with E-state index in [1.54, 1.807) is 24.3 Å². The van der Waals surface area contributed by atoms with Crippen molar-refractivity contribution in [1.82, 2.24) is 4.90 Å². The molecule has 0 atom stereocenters. The molecule has 2 aromatic carbocycles. The minimum Gasteiger partial charge on any atom is -0.367 e. The SMILES string of the molecule is Cc1cccc(N2CCN(C)CC2)c1NS(=O)(=O)c1ccccc1. The summed E-state index contributed by atoms with van der Waals surface area (Å²) in [5.41, 5.74) is 2.54. The Morgan fingerprint density at radius 2 is 1.58 bits per heavy atom. The van der Waals surface area contributed by atoms with Crippen LogP contribution in [0.15, 0.2) is 53.4 Å². The van der Waals surface area contributed by atoms with Gasteiger partial charge in [0.05, 0.1) is 16.3 Å². The first-order valence-corrected chi connectivity index (χ1v) is 9.57. The molecule has 0 aromatic heterocycles. The van der Waals surface area contributed by atoms with Crippen LogP contribution in [0.5, 0.6) is 0 Å².